The Hall–Kier alpha value is -1.21. The largest absolute Gasteiger partial charge is 0.361 e. The second-order valence-electron chi connectivity index (χ2n) is 5.46. The zero-order valence-electron chi connectivity index (χ0n) is 11.3. The van der Waals surface area contributed by atoms with E-state index >= 15 is 0 Å². The number of halogens is 1. The second-order valence-corrected chi connectivity index (χ2v) is 6.31. The first-order chi connectivity index (χ1) is 9.63. The van der Waals surface area contributed by atoms with Gasteiger partial charge in [-0.05, 0) is 34.2 Å². The third kappa shape index (κ3) is 2.09. The van der Waals surface area contributed by atoms with Crippen LogP contribution in [0.5, 0.6) is 0 Å². The smallest absolute Gasteiger partial charge is 0.311 e. The quantitative estimate of drug-likeness (QED) is 0.674. The van der Waals surface area contributed by atoms with E-state index in [0.717, 1.165) is 26.1 Å². The van der Waals surface area contributed by atoms with Gasteiger partial charge in [-0.2, -0.15) is 0 Å². The number of anilines is 1. The maximum Gasteiger partial charge on any atom is 0.311 e. The van der Waals surface area contributed by atoms with Crippen molar-refractivity contribution in [2.24, 2.45) is 11.8 Å². The van der Waals surface area contributed by atoms with E-state index in [1.54, 1.807) is 6.20 Å². The molecule has 1 aromatic heterocycles. The third-order valence-corrected chi connectivity index (χ3v) is 5.05. The molecule has 2 aliphatic rings. The van der Waals surface area contributed by atoms with Crippen LogP contribution in [0.3, 0.4) is 0 Å². The molecule has 2 aliphatic heterocycles. The van der Waals surface area contributed by atoms with Gasteiger partial charge < -0.3 is 10.2 Å². The summed E-state index contributed by atoms with van der Waals surface area (Å²) in [5.41, 5.74) is 0.775. The van der Waals surface area contributed by atoms with E-state index in [0.29, 0.717) is 28.0 Å². The molecule has 6 nitrogen and oxygen atoms in total. The Morgan fingerprint density at radius 2 is 2.35 bits per heavy atom. The fourth-order valence-corrected chi connectivity index (χ4v) is 4.19. The molecular weight excluding hydrogens is 324 g/mol. The molecule has 0 bridgehead atoms. The van der Waals surface area contributed by atoms with Crippen LogP contribution in [0, 0.1) is 22.0 Å². The van der Waals surface area contributed by atoms with E-state index < -0.39 is 0 Å². The molecule has 0 saturated carbocycles. The van der Waals surface area contributed by atoms with Crippen molar-refractivity contribution < 1.29 is 4.92 Å². The molecule has 0 radical (unpaired) electrons. The Balaban J connectivity index is 2.03. The Labute approximate surface area is 125 Å². The van der Waals surface area contributed by atoms with E-state index in [9.17, 15) is 10.1 Å². The van der Waals surface area contributed by atoms with Crippen molar-refractivity contribution in [3.8, 4) is 0 Å². The van der Waals surface area contributed by atoms with Crippen LogP contribution in [-0.2, 0) is 0 Å². The summed E-state index contributed by atoms with van der Waals surface area (Å²) in [5.74, 6) is 1.17. The number of aromatic nitrogens is 1. The molecule has 20 heavy (non-hydrogen) atoms. The molecule has 3 atom stereocenters. The maximum absolute atomic E-state index is 11.3. The minimum atomic E-state index is -0.341. The molecule has 1 aromatic rings. The molecule has 0 aromatic carbocycles. The molecule has 0 spiro atoms. The average molecular weight is 341 g/mol. The first-order valence-corrected chi connectivity index (χ1v) is 7.68. The van der Waals surface area contributed by atoms with Crippen LogP contribution in [0.15, 0.2) is 16.9 Å². The molecule has 0 aliphatic carbocycles. The SMILES string of the molecule is CCC1C2CNCC2CN1c1c(Br)cncc1[N+](=O)[O-]. The summed E-state index contributed by atoms with van der Waals surface area (Å²) >= 11 is 3.44. The normalized spacial score (nSPS) is 28.7. The van der Waals surface area contributed by atoms with E-state index in [-0.39, 0.29) is 10.6 Å². The second kappa shape index (κ2) is 5.29. The zero-order chi connectivity index (χ0) is 14.3. The van der Waals surface area contributed by atoms with Crippen LogP contribution in [-0.4, -0.2) is 35.6 Å². The van der Waals surface area contributed by atoms with Crippen LogP contribution in [0.2, 0.25) is 0 Å². The molecule has 7 heteroatoms. The van der Waals surface area contributed by atoms with Crippen LogP contribution >= 0.6 is 15.9 Å². The van der Waals surface area contributed by atoms with Crippen molar-refractivity contribution in [3.05, 3.63) is 27.0 Å². The van der Waals surface area contributed by atoms with E-state index in [2.05, 4.69) is 38.1 Å². The highest BCUT2D eigenvalue weighted by Gasteiger charge is 2.45. The predicted molar refractivity (Wildman–Crippen MR) is 79.9 cm³/mol. The average Bonchev–Trinajstić information content (AvgIpc) is 2.98. The van der Waals surface area contributed by atoms with Crippen LogP contribution in [0.1, 0.15) is 13.3 Å². The molecule has 2 fully saturated rings. The van der Waals surface area contributed by atoms with Gasteiger partial charge in [0.15, 0.2) is 0 Å². The Bertz CT molecular complexity index is 539. The Morgan fingerprint density at radius 3 is 3.05 bits per heavy atom. The van der Waals surface area contributed by atoms with Gasteiger partial charge in [-0.1, -0.05) is 6.92 Å². The highest BCUT2D eigenvalue weighted by Crippen LogP contribution is 2.43. The summed E-state index contributed by atoms with van der Waals surface area (Å²) in [6, 6.07) is 0.354. The molecule has 2 saturated heterocycles. The predicted octanol–water partition coefficient (Wildman–Crippen LogP) is 2.19. The van der Waals surface area contributed by atoms with Gasteiger partial charge in [0.2, 0.25) is 0 Å². The third-order valence-electron chi connectivity index (χ3n) is 4.47. The minimum Gasteiger partial charge on any atom is -0.361 e. The standard InChI is InChI=1S/C13H17BrN4O2/c1-2-11-9-4-15-3-8(9)7-17(11)13-10(14)5-16-6-12(13)18(19)20/h5-6,8-9,11,15H,2-4,7H2,1H3. The fourth-order valence-electron chi connectivity index (χ4n) is 3.64. The van der Waals surface area contributed by atoms with Gasteiger partial charge in [-0.25, -0.2) is 0 Å². The molecule has 108 valence electrons. The molecular formula is C13H17BrN4O2. The van der Waals surface area contributed by atoms with Crippen LogP contribution < -0.4 is 10.2 Å². The first kappa shape index (κ1) is 13.8. The van der Waals surface area contributed by atoms with Crippen molar-refractivity contribution in [3.63, 3.8) is 0 Å². The highest BCUT2D eigenvalue weighted by atomic mass is 79.9. The van der Waals surface area contributed by atoms with Crippen molar-refractivity contribution in [2.45, 2.75) is 19.4 Å². The fraction of sp³-hybridized carbons (Fsp3) is 0.615. The summed E-state index contributed by atoms with van der Waals surface area (Å²) in [7, 11) is 0. The van der Waals surface area contributed by atoms with Gasteiger partial charge in [0, 0.05) is 31.9 Å². The minimum absolute atomic E-state index is 0.0887. The number of hydrogen-bond donors (Lipinski definition) is 1. The summed E-state index contributed by atoms with van der Waals surface area (Å²) in [4.78, 5) is 17.1. The van der Waals surface area contributed by atoms with Gasteiger partial charge in [-0.15, -0.1) is 0 Å². The van der Waals surface area contributed by atoms with Crippen molar-refractivity contribution in [1.82, 2.24) is 10.3 Å². The molecule has 3 heterocycles. The summed E-state index contributed by atoms with van der Waals surface area (Å²) < 4.78 is 0.707. The van der Waals surface area contributed by atoms with Gasteiger partial charge in [0.25, 0.3) is 0 Å². The Morgan fingerprint density at radius 1 is 1.55 bits per heavy atom. The number of fused-ring (bicyclic) bond motifs is 1. The lowest BCUT2D eigenvalue weighted by molar-refractivity contribution is -0.384. The first-order valence-electron chi connectivity index (χ1n) is 6.88. The molecule has 3 unspecified atom stereocenters. The Kier molecular flexibility index (Phi) is 3.64. The number of nitrogens with zero attached hydrogens (tertiary/aromatic N) is 3. The number of nitro groups is 1. The van der Waals surface area contributed by atoms with E-state index in [4.69, 9.17) is 0 Å². The maximum atomic E-state index is 11.3. The molecule has 0 amide bonds. The van der Waals surface area contributed by atoms with Crippen molar-refractivity contribution >= 4 is 27.3 Å². The lowest BCUT2D eigenvalue weighted by Crippen LogP contribution is -2.35. The van der Waals surface area contributed by atoms with Crippen LogP contribution in [0.25, 0.3) is 0 Å². The number of nitrogens with one attached hydrogen (secondary N) is 1. The summed E-state index contributed by atoms with van der Waals surface area (Å²) in [6.07, 6.45) is 3.98. The topological polar surface area (TPSA) is 71.3 Å². The highest BCUT2D eigenvalue weighted by molar-refractivity contribution is 9.10. The molecule has 1 N–H and O–H groups in total. The van der Waals surface area contributed by atoms with E-state index in [1.165, 1.54) is 6.20 Å². The number of hydrogen-bond acceptors (Lipinski definition) is 5. The number of pyridine rings is 1. The van der Waals surface area contributed by atoms with Gasteiger partial charge in [-0.3, -0.25) is 15.1 Å². The van der Waals surface area contributed by atoms with E-state index in [1.807, 2.05) is 0 Å². The zero-order valence-corrected chi connectivity index (χ0v) is 12.8. The summed E-state index contributed by atoms with van der Waals surface area (Å²) in [5, 5.41) is 14.7. The van der Waals surface area contributed by atoms with Crippen molar-refractivity contribution in [1.29, 1.82) is 0 Å². The van der Waals surface area contributed by atoms with Gasteiger partial charge in [0.05, 0.1) is 9.40 Å². The van der Waals surface area contributed by atoms with Gasteiger partial charge in [0.1, 0.15) is 11.9 Å². The monoisotopic (exact) mass is 340 g/mol. The summed E-state index contributed by atoms with van der Waals surface area (Å²) in [6.45, 7) is 5.04. The van der Waals surface area contributed by atoms with Gasteiger partial charge >= 0.3 is 5.69 Å². The van der Waals surface area contributed by atoms with Crippen LogP contribution in [0.4, 0.5) is 11.4 Å². The van der Waals surface area contributed by atoms with Crippen molar-refractivity contribution in [2.75, 3.05) is 24.5 Å². The number of rotatable bonds is 3. The molecule has 3 rings (SSSR count). The lowest BCUT2D eigenvalue weighted by atomic mass is 9.93. The lowest BCUT2D eigenvalue weighted by Gasteiger charge is -2.29.